The SMILES string of the molecule is CS(=O)(=O)c1ccc(C(=O)N2CCCCC2CN)cc1.Cl. The largest absolute Gasteiger partial charge is 0.334 e. The molecule has 0 radical (unpaired) electrons. The normalized spacial score (nSPS) is 19.0. The highest BCUT2D eigenvalue weighted by Gasteiger charge is 2.26. The number of sulfone groups is 1. The van der Waals surface area contributed by atoms with Gasteiger partial charge in [0.25, 0.3) is 5.91 Å². The lowest BCUT2D eigenvalue weighted by Crippen LogP contribution is -2.47. The Hall–Kier alpha value is -1.11. The van der Waals surface area contributed by atoms with E-state index in [0.717, 1.165) is 25.5 Å². The van der Waals surface area contributed by atoms with Crippen molar-refractivity contribution in [3.63, 3.8) is 0 Å². The van der Waals surface area contributed by atoms with Gasteiger partial charge in [0.05, 0.1) is 4.90 Å². The second-order valence-electron chi connectivity index (χ2n) is 5.18. The van der Waals surface area contributed by atoms with Crippen molar-refractivity contribution in [3.05, 3.63) is 29.8 Å². The van der Waals surface area contributed by atoms with Gasteiger partial charge in [0.2, 0.25) is 0 Å². The van der Waals surface area contributed by atoms with Gasteiger partial charge in [-0.2, -0.15) is 0 Å². The van der Waals surface area contributed by atoms with Crippen LogP contribution >= 0.6 is 12.4 Å². The van der Waals surface area contributed by atoms with Gasteiger partial charge in [0.15, 0.2) is 9.84 Å². The van der Waals surface area contributed by atoms with Crippen LogP contribution < -0.4 is 5.73 Å². The Morgan fingerprint density at radius 1 is 1.29 bits per heavy atom. The highest BCUT2D eigenvalue weighted by Crippen LogP contribution is 2.20. The molecule has 0 aliphatic carbocycles. The van der Waals surface area contributed by atoms with Crippen molar-refractivity contribution in [1.29, 1.82) is 0 Å². The van der Waals surface area contributed by atoms with E-state index in [2.05, 4.69) is 0 Å². The monoisotopic (exact) mass is 332 g/mol. The van der Waals surface area contributed by atoms with Crippen LogP contribution in [-0.4, -0.2) is 44.6 Å². The van der Waals surface area contributed by atoms with Crippen molar-refractivity contribution in [2.75, 3.05) is 19.3 Å². The zero-order valence-electron chi connectivity index (χ0n) is 12.0. The number of carbonyl (C=O) groups is 1. The number of piperidine rings is 1. The summed E-state index contributed by atoms with van der Waals surface area (Å²) >= 11 is 0. The summed E-state index contributed by atoms with van der Waals surface area (Å²) in [5.74, 6) is -0.0693. The van der Waals surface area contributed by atoms with E-state index in [9.17, 15) is 13.2 Å². The number of benzene rings is 1. The van der Waals surface area contributed by atoms with E-state index in [4.69, 9.17) is 5.73 Å². The van der Waals surface area contributed by atoms with E-state index >= 15 is 0 Å². The molecular weight excluding hydrogens is 312 g/mol. The topological polar surface area (TPSA) is 80.5 Å². The van der Waals surface area contributed by atoms with Gasteiger partial charge in [-0.1, -0.05) is 0 Å². The predicted octanol–water partition coefficient (Wildman–Crippen LogP) is 1.47. The first-order valence-corrected chi connectivity index (χ1v) is 8.64. The molecule has 1 fully saturated rings. The molecule has 0 bridgehead atoms. The summed E-state index contributed by atoms with van der Waals surface area (Å²) in [6.45, 7) is 1.18. The van der Waals surface area contributed by atoms with E-state index in [1.807, 2.05) is 0 Å². The van der Waals surface area contributed by atoms with Gasteiger partial charge in [-0.25, -0.2) is 8.42 Å². The Morgan fingerprint density at radius 3 is 2.43 bits per heavy atom. The highest BCUT2D eigenvalue weighted by molar-refractivity contribution is 7.90. The Bertz CT molecular complexity index is 587. The number of halogens is 1. The van der Waals surface area contributed by atoms with Crippen LogP contribution in [0.1, 0.15) is 29.6 Å². The Kier molecular flexibility index (Phi) is 6.19. The Morgan fingerprint density at radius 2 is 1.90 bits per heavy atom. The summed E-state index contributed by atoms with van der Waals surface area (Å²) in [5.41, 5.74) is 6.23. The molecule has 118 valence electrons. The second-order valence-corrected chi connectivity index (χ2v) is 7.20. The molecule has 1 atom stereocenters. The molecule has 1 saturated heterocycles. The lowest BCUT2D eigenvalue weighted by molar-refractivity contribution is 0.0623. The molecule has 0 aromatic heterocycles. The molecule has 1 amide bonds. The molecular formula is C14H21ClN2O3S. The number of amides is 1. The summed E-state index contributed by atoms with van der Waals surface area (Å²) in [6, 6.07) is 6.18. The van der Waals surface area contributed by atoms with E-state index in [0.29, 0.717) is 18.7 Å². The number of hydrogen-bond acceptors (Lipinski definition) is 4. The first-order valence-electron chi connectivity index (χ1n) is 6.74. The van der Waals surface area contributed by atoms with Crippen LogP contribution in [0, 0.1) is 0 Å². The predicted molar refractivity (Wildman–Crippen MR) is 84.5 cm³/mol. The molecule has 2 N–H and O–H groups in total. The fourth-order valence-corrected chi connectivity index (χ4v) is 3.15. The van der Waals surface area contributed by atoms with Crippen molar-refractivity contribution in [2.24, 2.45) is 5.73 Å². The fourth-order valence-electron chi connectivity index (χ4n) is 2.52. The Balaban J connectivity index is 0.00000220. The molecule has 0 spiro atoms. The van der Waals surface area contributed by atoms with Crippen LogP contribution in [0.4, 0.5) is 0 Å². The molecule has 21 heavy (non-hydrogen) atoms. The quantitative estimate of drug-likeness (QED) is 0.908. The van der Waals surface area contributed by atoms with Crippen molar-refractivity contribution >= 4 is 28.2 Å². The molecule has 1 heterocycles. The van der Waals surface area contributed by atoms with Gasteiger partial charge in [0.1, 0.15) is 0 Å². The van der Waals surface area contributed by atoms with Crippen LogP contribution in [-0.2, 0) is 9.84 Å². The molecule has 7 heteroatoms. The van der Waals surface area contributed by atoms with Crippen molar-refractivity contribution in [3.8, 4) is 0 Å². The van der Waals surface area contributed by atoms with Gasteiger partial charge >= 0.3 is 0 Å². The molecule has 1 aromatic carbocycles. The summed E-state index contributed by atoms with van der Waals surface area (Å²) in [5, 5.41) is 0. The molecule has 1 unspecified atom stereocenters. The fraction of sp³-hybridized carbons (Fsp3) is 0.500. The average Bonchev–Trinajstić information content (AvgIpc) is 2.45. The maximum atomic E-state index is 12.5. The third-order valence-electron chi connectivity index (χ3n) is 3.69. The van der Waals surface area contributed by atoms with Crippen LogP contribution in [0.5, 0.6) is 0 Å². The number of nitrogens with zero attached hydrogens (tertiary/aromatic N) is 1. The summed E-state index contributed by atoms with van der Waals surface area (Å²) in [7, 11) is -3.23. The first kappa shape index (κ1) is 17.9. The van der Waals surface area contributed by atoms with Crippen LogP contribution in [0.15, 0.2) is 29.2 Å². The second kappa shape index (κ2) is 7.24. The standard InChI is InChI=1S/C14H20N2O3S.ClH/c1-20(18,19)13-7-5-11(6-8-13)14(17)16-9-3-2-4-12(16)10-15;/h5-8,12H,2-4,9-10,15H2,1H3;1H. The third-order valence-corrected chi connectivity index (χ3v) is 4.82. The van der Waals surface area contributed by atoms with Crippen molar-refractivity contribution in [1.82, 2.24) is 4.90 Å². The maximum absolute atomic E-state index is 12.5. The zero-order chi connectivity index (χ0) is 14.8. The molecule has 5 nitrogen and oxygen atoms in total. The van der Waals surface area contributed by atoms with Gasteiger partial charge in [0, 0.05) is 31.0 Å². The average molecular weight is 333 g/mol. The van der Waals surface area contributed by atoms with Crippen molar-refractivity contribution < 1.29 is 13.2 Å². The van der Waals surface area contributed by atoms with E-state index in [1.165, 1.54) is 12.1 Å². The number of rotatable bonds is 3. The van der Waals surface area contributed by atoms with Gasteiger partial charge in [-0.05, 0) is 43.5 Å². The molecule has 0 saturated carbocycles. The first-order chi connectivity index (χ1) is 9.43. The minimum Gasteiger partial charge on any atom is -0.334 e. The maximum Gasteiger partial charge on any atom is 0.254 e. The summed E-state index contributed by atoms with van der Waals surface area (Å²) in [4.78, 5) is 14.5. The lowest BCUT2D eigenvalue weighted by Gasteiger charge is -2.35. The molecule has 1 aromatic rings. The summed E-state index contributed by atoms with van der Waals surface area (Å²) < 4.78 is 22.8. The van der Waals surface area contributed by atoms with Gasteiger partial charge < -0.3 is 10.6 Å². The summed E-state index contributed by atoms with van der Waals surface area (Å²) in [6.07, 6.45) is 4.17. The minimum atomic E-state index is -3.23. The molecule has 1 aliphatic rings. The molecule has 1 aliphatic heterocycles. The van der Waals surface area contributed by atoms with E-state index < -0.39 is 9.84 Å². The number of nitrogens with two attached hydrogens (primary N) is 1. The number of carbonyl (C=O) groups excluding carboxylic acids is 1. The van der Waals surface area contributed by atoms with Gasteiger partial charge in [-0.3, -0.25) is 4.79 Å². The number of hydrogen-bond donors (Lipinski definition) is 1. The zero-order valence-corrected chi connectivity index (χ0v) is 13.6. The lowest BCUT2D eigenvalue weighted by atomic mass is 10.0. The minimum absolute atomic E-state index is 0. The third kappa shape index (κ3) is 4.18. The van der Waals surface area contributed by atoms with Crippen molar-refractivity contribution in [2.45, 2.75) is 30.2 Å². The Labute approximate surface area is 131 Å². The molecule has 2 rings (SSSR count). The van der Waals surface area contributed by atoms with E-state index in [1.54, 1.807) is 17.0 Å². The highest BCUT2D eigenvalue weighted by atomic mass is 35.5. The van der Waals surface area contributed by atoms with Gasteiger partial charge in [-0.15, -0.1) is 12.4 Å². The van der Waals surface area contributed by atoms with Crippen LogP contribution in [0.2, 0.25) is 0 Å². The number of likely N-dealkylation sites (tertiary alicyclic amines) is 1. The van der Waals surface area contributed by atoms with Crippen LogP contribution in [0.25, 0.3) is 0 Å². The van der Waals surface area contributed by atoms with Crippen LogP contribution in [0.3, 0.4) is 0 Å². The van der Waals surface area contributed by atoms with E-state index in [-0.39, 0.29) is 29.3 Å². The smallest absolute Gasteiger partial charge is 0.254 e.